The van der Waals surface area contributed by atoms with Crippen molar-refractivity contribution in [2.75, 3.05) is 24.6 Å². The lowest BCUT2D eigenvalue weighted by Gasteiger charge is -2.34. The molecule has 1 atom stereocenters. The second-order valence-electron chi connectivity index (χ2n) is 5.41. The smallest absolute Gasteiger partial charge is 0.0722 e. The van der Waals surface area contributed by atoms with Gasteiger partial charge in [0, 0.05) is 31.4 Å². The molecule has 2 aliphatic rings. The Hall–Kier alpha value is -1.06. The van der Waals surface area contributed by atoms with Crippen molar-refractivity contribution in [3.63, 3.8) is 0 Å². The van der Waals surface area contributed by atoms with Crippen LogP contribution >= 0.6 is 0 Å². The maximum absolute atomic E-state index is 5.62. The summed E-state index contributed by atoms with van der Waals surface area (Å²) in [5, 5.41) is 3.61. The molecule has 1 N–H and O–H groups in total. The second-order valence-corrected chi connectivity index (χ2v) is 5.41. The van der Waals surface area contributed by atoms with Gasteiger partial charge in [0.2, 0.25) is 0 Å². The summed E-state index contributed by atoms with van der Waals surface area (Å²) in [6.07, 6.45) is 3.02. The maximum atomic E-state index is 5.62. The highest BCUT2D eigenvalue weighted by Gasteiger charge is 2.22. The number of anilines is 1. The van der Waals surface area contributed by atoms with Crippen molar-refractivity contribution in [1.29, 1.82) is 0 Å². The van der Waals surface area contributed by atoms with Gasteiger partial charge in [0.15, 0.2) is 0 Å². The first kappa shape index (κ1) is 12.0. The molecule has 0 spiro atoms. The van der Waals surface area contributed by atoms with Crippen molar-refractivity contribution < 1.29 is 4.74 Å². The van der Waals surface area contributed by atoms with Gasteiger partial charge < -0.3 is 15.0 Å². The summed E-state index contributed by atoms with van der Waals surface area (Å²) in [6, 6.07) is 9.52. The average Bonchev–Trinajstić information content (AvgIpc) is 3.21. The zero-order chi connectivity index (χ0) is 12.4. The molecular weight excluding hydrogens is 224 g/mol. The molecule has 2 fully saturated rings. The minimum absolute atomic E-state index is 0.336. The number of nitrogens with one attached hydrogen (secondary N) is 1. The van der Waals surface area contributed by atoms with E-state index >= 15 is 0 Å². The predicted molar refractivity (Wildman–Crippen MR) is 73.9 cm³/mol. The molecule has 0 bridgehead atoms. The molecule has 1 aromatic rings. The van der Waals surface area contributed by atoms with Gasteiger partial charge in [-0.1, -0.05) is 18.2 Å². The molecule has 1 aliphatic carbocycles. The van der Waals surface area contributed by atoms with E-state index in [9.17, 15) is 0 Å². The summed E-state index contributed by atoms with van der Waals surface area (Å²) in [5.74, 6) is 0. The van der Waals surface area contributed by atoms with Crippen LogP contribution in [-0.4, -0.2) is 31.8 Å². The quantitative estimate of drug-likeness (QED) is 0.881. The molecule has 1 aromatic carbocycles. The maximum Gasteiger partial charge on any atom is 0.0722 e. The molecule has 98 valence electrons. The predicted octanol–water partition coefficient (Wildman–Crippen LogP) is 2.16. The summed E-state index contributed by atoms with van der Waals surface area (Å²) in [7, 11) is 0. The van der Waals surface area contributed by atoms with Gasteiger partial charge in [-0.05, 0) is 31.4 Å². The Bertz CT molecular complexity index is 403. The van der Waals surface area contributed by atoms with E-state index in [4.69, 9.17) is 4.74 Å². The van der Waals surface area contributed by atoms with E-state index in [-0.39, 0.29) is 0 Å². The number of hydrogen-bond donors (Lipinski definition) is 1. The van der Waals surface area contributed by atoms with Crippen molar-refractivity contribution in [3.8, 4) is 0 Å². The molecule has 1 heterocycles. The highest BCUT2D eigenvalue weighted by atomic mass is 16.5. The summed E-state index contributed by atoms with van der Waals surface area (Å²) < 4.78 is 5.62. The molecule has 3 heteroatoms. The molecule has 1 aliphatic heterocycles. The molecule has 18 heavy (non-hydrogen) atoms. The topological polar surface area (TPSA) is 24.5 Å². The van der Waals surface area contributed by atoms with Crippen molar-refractivity contribution in [2.24, 2.45) is 0 Å². The number of hydrogen-bond acceptors (Lipinski definition) is 3. The first-order chi connectivity index (χ1) is 8.83. The highest BCUT2D eigenvalue weighted by Crippen LogP contribution is 2.25. The minimum Gasteiger partial charge on any atom is -0.375 e. The standard InChI is InChI=1S/C15H22N2O/c1-12-11-17(8-9-18-12)15-5-3-2-4-13(15)10-16-14-6-7-14/h2-5,12,14,16H,6-11H2,1H3. The lowest BCUT2D eigenvalue weighted by Crippen LogP contribution is -2.41. The normalized spacial score (nSPS) is 24.3. The largest absolute Gasteiger partial charge is 0.375 e. The van der Waals surface area contributed by atoms with Crippen LogP contribution in [-0.2, 0) is 11.3 Å². The first-order valence-corrected chi connectivity index (χ1v) is 7.01. The van der Waals surface area contributed by atoms with Crippen LogP contribution in [0.5, 0.6) is 0 Å². The van der Waals surface area contributed by atoms with Gasteiger partial charge in [0.05, 0.1) is 12.7 Å². The fourth-order valence-corrected chi connectivity index (χ4v) is 2.55. The van der Waals surface area contributed by atoms with Crippen molar-refractivity contribution in [2.45, 2.75) is 38.5 Å². The van der Waals surface area contributed by atoms with Crippen LogP contribution in [0.3, 0.4) is 0 Å². The van der Waals surface area contributed by atoms with Crippen LogP contribution in [0.15, 0.2) is 24.3 Å². The molecule has 1 unspecified atom stereocenters. The van der Waals surface area contributed by atoms with E-state index in [2.05, 4.69) is 41.4 Å². The molecular formula is C15H22N2O. The number of morpholine rings is 1. The third-order valence-corrected chi connectivity index (χ3v) is 3.73. The van der Waals surface area contributed by atoms with Gasteiger partial charge in [-0.25, -0.2) is 0 Å². The molecule has 3 nitrogen and oxygen atoms in total. The third-order valence-electron chi connectivity index (χ3n) is 3.73. The van der Waals surface area contributed by atoms with Gasteiger partial charge in [-0.3, -0.25) is 0 Å². The second kappa shape index (κ2) is 5.29. The third kappa shape index (κ3) is 2.85. The van der Waals surface area contributed by atoms with E-state index in [0.29, 0.717) is 6.10 Å². The lowest BCUT2D eigenvalue weighted by atomic mass is 10.1. The molecule has 3 rings (SSSR count). The van der Waals surface area contributed by atoms with Crippen LogP contribution in [0.1, 0.15) is 25.3 Å². The van der Waals surface area contributed by atoms with Crippen LogP contribution in [0.25, 0.3) is 0 Å². The Morgan fingerprint density at radius 3 is 2.94 bits per heavy atom. The number of nitrogens with zero attached hydrogens (tertiary/aromatic N) is 1. The summed E-state index contributed by atoms with van der Waals surface area (Å²) in [6.45, 7) is 5.99. The summed E-state index contributed by atoms with van der Waals surface area (Å²) in [4.78, 5) is 2.46. The highest BCUT2D eigenvalue weighted by molar-refractivity contribution is 5.54. The molecule has 0 aromatic heterocycles. The zero-order valence-corrected chi connectivity index (χ0v) is 11.1. The fourth-order valence-electron chi connectivity index (χ4n) is 2.55. The number of ether oxygens (including phenoxy) is 1. The molecule has 0 amide bonds. The zero-order valence-electron chi connectivity index (χ0n) is 11.1. The van der Waals surface area contributed by atoms with Crippen LogP contribution in [0.2, 0.25) is 0 Å². The Morgan fingerprint density at radius 2 is 2.17 bits per heavy atom. The SMILES string of the molecule is CC1CN(c2ccccc2CNC2CC2)CCO1. The van der Waals surface area contributed by atoms with Crippen LogP contribution < -0.4 is 10.2 Å². The monoisotopic (exact) mass is 246 g/mol. The van der Waals surface area contributed by atoms with E-state index in [1.165, 1.54) is 24.1 Å². The van der Waals surface area contributed by atoms with Crippen LogP contribution in [0, 0.1) is 0 Å². The Morgan fingerprint density at radius 1 is 1.33 bits per heavy atom. The summed E-state index contributed by atoms with van der Waals surface area (Å²) in [5.41, 5.74) is 2.79. The van der Waals surface area contributed by atoms with Gasteiger partial charge in [-0.15, -0.1) is 0 Å². The lowest BCUT2D eigenvalue weighted by molar-refractivity contribution is 0.0531. The van der Waals surface area contributed by atoms with E-state index < -0.39 is 0 Å². The van der Waals surface area contributed by atoms with Gasteiger partial charge in [-0.2, -0.15) is 0 Å². The minimum atomic E-state index is 0.336. The van der Waals surface area contributed by atoms with Gasteiger partial charge >= 0.3 is 0 Å². The first-order valence-electron chi connectivity index (χ1n) is 7.01. The molecule has 1 saturated carbocycles. The number of para-hydroxylation sites is 1. The fraction of sp³-hybridized carbons (Fsp3) is 0.600. The summed E-state index contributed by atoms with van der Waals surface area (Å²) >= 11 is 0. The Labute approximate surface area is 109 Å². The van der Waals surface area contributed by atoms with Crippen molar-refractivity contribution >= 4 is 5.69 Å². The molecule has 0 radical (unpaired) electrons. The molecule has 1 saturated heterocycles. The van der Waals surface area contributed by atoms with Gasteiger partial charge in [0.1, 0.15) is 0 Å². The average molecular weight is 246 g/mol. The Balaban J connectivity index is 1.72. The van der Waals surface area contributed by atoms with Crippen LogP contribution in [0.4, 0.5) is 5.69 Å². The van der Waals surface area contributed by atoms with Crippen molar-refractivity contribution in [1.82, 2.24) is 5.32 Å². The van der Waals surface area contributed by atoms with Crippen molar-refractivity contribution in [3.05, 3.63) is 29.8 Å². The van der Waals surface area contributed by atoms with E-state index in [0.717, 1.165) is 32.3 Å². The Kier molecular flexibility index (Phi) is 3.52. The number of benzene rings is 1. The van der Waals surface area contributed by atoms with E-state index in [1.54, 1.807) is 0 Å². The van der Waals surface area contributed by atoms with E-state index in [1.807, 2.05) is 0 Å². The van der Waals surface area contributed by atoms with Gasteiger partial charge in [0.25, 0.3) is 0 Å². The number of rotatable bonds is 4.